The Balaban J connectivity index is 1.61. The summed E-state index contributed by atoms with van der Waals surface area (Å²) in [5, 5.41) is 4.29. The van der Waals surface area contributed by atoms with Crippen LogP contribution in [0.3, 0.4) is 0 Å². The highest BCUT2D eigenvalue weighted by atomic mass is 32.1. The van der Waals surface area contributed by atoms with E-state index in [4.69, 9.17) is 20.2 Å². The van der Waals surface area contributed by atoms with Crippen LogP contribution in [-0.2, 0) is 19.3 Å². The Morgan fingerprint density at radius 2 is 2.04 bits per heavy atom. The quantitative estimate of drug-likeness (QED) is 0.531. The number of rotatable bonds is 8. The summed E-state index contributed by atoms with van der Waals surface area (Å²) >= 11 is 1.83. The van der Waals surface area contributed by atoms with Crippen LogP contribution in [0.5, 0.6) is 11.5 Å². The van der Waals surface area contributed by atoms with Crippen molar-refractivity contribution in [1.82, 2.24) is 4.98 Å². The number of ether oxygens (including phenoxy) is 2. The molecule has 7 heteroatoms. The third-order valence-electron chi connectivity index (χ3n) is 4.32. The number of aromatic nitrogens is 1. The van der Waals surface area contributed by atoms with E-state index in [0.29, 0.717) is 25.7 Å². The maximum atomic E-state index is 6.08. The van der Waals surface area contributed by atoms with Crippen LogP contribution in [0.4, 0.5) is 5.69 Å². The van der Waals surface area contributed by atoms with E-state index < -0.39 is 0 Å². The van der Waals surface area contributed by atoms with Gasteiger partial charge in [0, 0.05) is 23.9 Å². The number of aryl methyl sites for hydroxylation is 2. The molecule has 1 aromatic heterocycles. The Bertz CT molecular complexity index is 765. The minimum atomic E-state index is 0.367. The molecule has 0 unspecified atom stereocenters. The molecule has 3 N–H and O–H groups in total. The van der Waals surface area contributed by atoms with Crippen molar-refractivity contribution in [3.63, 3.8) is 0 Å². The van der Waals surface area contributed by atoms with Crippen LogP contribution >= 0.6 is 11.3 Å². The van der Waals surface area contributed by atoms with Gasteiger partial charge < -0.3 is 20.5 Å². The number of aliphatic imine (C=N–C) groups is 1. The third-order valence-corrected chi connectivity index (χ3v) is 5.54. The molecule has 0 spiro atoms. The molecule has 0 atom stereocenters. The number of hydrogen-bond donors (Lipinski definition) is 2. The van der Waals surface area contributed by atoms with Crippen LogP contribution in [-0.4, -0.2) is 30.7 Å². The van der Waals surface area contributed by atoms with Crippen LogP contribution in [0.25, 0.3) is 0 Å². The Hall–Kier alpha value is -2.28. The first-order chi connectivity index (χ1) is 13.2. The molecule has 0 bridgehead atoms. The number of anilines is 1. The standard InChI is InChI=1S/C20H28N4O2S/c1-3-25-14-9-10-17(26-4-2)16(13-14)24-20(21)22-12-11-19-23-15-7-5-6-8-18(15)27-19/h9-10,13H,3-8,11-12H2,1-2H3,(H3,21,22,24). The average Bonchev–Trinajstić information content (AvgIpc) is 3.07. The van der Waals surface area contributed by atoms with Gasteiger partial charge in [0.25, 0.3) is 0 Å². The van der Waals surface area contributed by atoms with E-state index >= 15 is 0 Å². The Labute approximate surface area is 164 Å². The highest BCUT2D eigenvalue weighted by molar-refractivity contribution is 7.11. The fraction of sp³-hybridized carbons (Fsp3) is 0.500. The van der Waals surface area contributed by atoms with Gasteiger partial charge in [0.1, 0.15) is 11.5 Å². The first kappa shape index (κ1) is 19.5. The molecule has 1 heterocycles. The fourth-order valence-corrected chi connectivity index (χ4v) is 4.25. The van der Waals surface area contributed by atoms with E-state index in [1.54, 1.807) is 0 Å². The molecule has 1 aromatic carbocycles. The van der Waals surface area contributed by atoms with E-state index in [1.807, 2.05) is 43.4 Å². The average molecular weight is 389 g/mol. The maximum absolute atomic E-state index is 6.08. The number of nitrogens with zero attached hydrogens (tertiary/aromatic N) is 2. The van der Waals surface area contributed by atoms with Crippen molar-refractivity contribution < 1.29 is 9.47 Å². The fourth-order valence-electron chi connectivity index (χ4n) is 3.11. The number of nitrogens with two attached hydrogens (primary N) is 1. The van der Waals surface area contributed by atoms with Crippen LogP contribution in [0.2, 0.25) is 0 Å². The van der Waals surface area contributed by atoms with Crippen molar-refractivity contribution in [2.24, 2.45) is 10.7 Å². The van der Waals surface area contributed by atoms with E-state index in [2.05, 4.69) is 10.3 Å². The van der Waals surface area contributed by atoms with E-state index in [9.17, 15) is 0 Å². The van der Waals surface area contributed by atoms with Gasteiger partial charge in [-0.25, -0.2) is 4.98 Å². The van der Waals surface area contributed by atoms with Gasteiger partial charge in [0.15, 0.2) is 5.96 Å². The lowest BCUT2D eigenvalue weighted by Crippen LogP contribution is -2.23. The van der Waals surface area contributed by atoms with Gasteiger partial charge >= 0.3 is 0 Å². The SMILES string of the molecule is CCOc1ccc(OCC)c(NC(N)=NCCc2nc3c(s2)CCCC3)c1. The van der Waals surface area contributed by atoms with Crippen molar-refractivity contribution in [2.45, 2.75) is 46.0 Å². The molecule has 6 nitrogen and oxygen atoms in total. The zero-order valence-corrected chi connectivity index (χ0v) is 16.9. The second-order valence-corrected chi connectivity index (χ2v) is 7.52. The Kier molecular flexibility index (Phi) is 6.92. The number of thiazole rings is 1. The lowest BCUT2D eigenvalue weighted by molar-refractivity contribution is 0.332. The number of nitrogens with one attached hydrogen (secondary N) is 1. The van der Waals surface area contributed by atoms with Crippen molar-refractivity contribution in [2.75, 3.05) is 25.1 Å². The first-order valence-electron chi connectivity index (χ1n) is 9.63. The molecule has 2 aromatic rings. The molecule has 146 valence electrons. The first-order valence-corrected chi connectivity index (χ1v) is 10.4. The summed E-state index contributed by atoms with van der Waals surface area (Å²) in [7, 11) is 0. The molecule has 27 heavy (non-hydrogen) atoms. The zero-order chi connectivity index (χ0) is 19.1. The minimum Gasteiger partial charge on any atom is -0.494 e. The van der Waals surface area contributed by atoms with Gasteiger partial charge in [0.2, 0.25) is 0 Å². The Morgan fingerprint density at radius 1 is 1.22 bits per heavy atom. The molecule has 1 aliphatic carbocycles. The number of hydrogen-bond acceptors (Lipinski definition) is 5. The molecule has 0 amide bonds. The van der Waals surface area contributed by atoms with Crippen molar-refractivity contribution >= 4 is 23.0 Å². The molecular formula is C20H28N4O2S. The number of benzene rings is 1. The second-order valence-electron chi connectivity index (χ2n) is 6.35. The largest absolute Gasteiger partial charge is 0.494 e. The van der Waals surface area contributed by atoms with Crippen molar-refractivity contribution in [1.29, 1.82) is 0 Å². The Morgan fingerprint density at radius 3 is 2.81 bits per heavy atom. The molecule has 1 aliphatic rings. The second kappa shape index (κ2) is 9.60. The molecular weight excluding hydrogens is 360 g/mol. The number of fused-ring (bicyclic) bond motifs is 1. The van der Waals surface area contributed by atoms with E-state index in [0.717, 1.165) is 35.0 Å². The van der Waals surface area contributed by atoms with E-state index in [1.165, 1.54) is 29.8 Å². The molecule has 0 saturated heterocycles. The van der Waals surface area contributed by atoms with Gasteiger partial charge in [-0.3, -0.25) is 4.99 Å². The van der Waals surface area contributed by atoms with Crippen LogP contribution in [0.1, 0.15) is 42.3 Å². The monoisotopic (exact) mass is 388 g/mol. The molecule has 0 fully saturated rings. The molecule has 0 aliphatic heterocycles. The van der Waals surface area contributed by atoms with Gasteiger partial charge in [-0.1, -0.05) is 0 Å². The van der Waals surface area contributed by atoms with Gasteiger partial charge in [0.05, 0.1) is 29.6 Å². The highest BCUT2D eigenvalue weighted by Crippen LogP contribution is 2.29. The lowest BCUT2D eigenvalue weighted by atomic mass is 10.0. The van der Waals surface area contributed by atoms with Gasteiger partial charge in [-0.15, -0.1) is 11.3 Å². The van der Waals surface area contributed by atoms with Gasteiger partial charge in [-0.2, -0.15) is 0 Å². The summed E-state index contributed by atoms with van der Waals surface area (Å²) in [5.74, 6) is 1.86. The topological polar surface area (TPSA) is 81.8 Å². The molecule has 0 saturated carbocycles. The molecule has 3 rings (SSSR count). The van der Waals surface area contributed by atoms with Crippen LogP contribution in [0, 0.1) is 0 Å². The summed E-state index contributed by atoms with van der Waals surface area (Å²) in [6.45, 7) is 5.70. The summed E-state index contributed by atoms with van der Waals surface area (Å²) in [4.78, 5) is 10.7. The van der Waals surface area contributed by atoms with Crippen LogP contribution in [0.15, 0.2) is 23.2 Å². The van der Waals surface area contributed by atoms with Gasteiger partial charge in [-0.05, 0) is 51.7 Å². The van der Waals surface area contributed by atoms with Crippen molar-refractivity contribution in [3.05, 3.63) is 33.8 Å². The lowest BCUT2D eigenvalue weighted by Gasteiger charge is -2.13. The number of guanidine groups is 1. The smallest absolute Gasteiger partial charge is 0.193 e. The minimum absolute atomic E-state index is 0.367. The summed E-state index contributed by atoms with van der Waals surface area (Å²) in [6.07, 6.45) is 5.66. The summed E-state index contributed by atoms with van der Waals surface area (Å²) in [6, 6.07) is 5.65. The normalized spacial score (nSPS) is 13.9. The predicted molar refractivity (Wildman–Crippen MR) is 111 cm³/mol. The summed E-state index contributed by atoms with van der Waals surface area (Å²) < 4.78 is 11.2. The predicted octanol–water partition coefficient (Wildman–Crippen LogP) is 3.79. The summed E-state index contributed by atoms with van der Waals surface area (Å²) in [5.41, 5.74) is 8.14. The van der Waals surface area contributed by atoms with Crippen LogP contribution < -0.4 is 20.5 Å². The third kappa shape index (κ3) is 5.35. The van der Waals surface area contributed by atoms with E-state index in [-0.39, 0.29) is 0 Å². The van der Waals surface area contributed by atoms with Crippen molar-refractivity contribution in [3.8, 4) is 11.5 Å². The zero-order valence-electron chi connectivity index (χ0n) is 16.1. The maximum Gasteiger partial charge on any atom is 0.193 e. The molecule has 0 radical (unpaired) electrons. The highest BCUT2D eigenvalue weighted by Gasteiger charge is 2.14.